The van der Waals surface area contributed by atoms with Crippen molar-refractivity contribution < 1.29 is 4.79 Å². The van der Waals surface area contributed by atoms with E-state index in [-0.39, 0.29) is 5.78 Å². The highest BCUT2D eigenvalue weighted by molar-refractivity contribution is 9.10. The van der Waals surface area contributed by atoms with Crippen LogP contribution in [-0.2, 0) is 7.05 Å². The van der Waals surface area contributed by atoms with Crippen molar-refractivity contribution in [3.63, 3.8) is 0 Å². The van der Waals surface area contributed by atoms with Crippen molar-refractivity contribution >= 4 is 21.7 Å². The number of rotatable bonds is 1. The quantitative estimate of drug-likeness (QED) is 0.646. The van der Waals surface area contributed by atoms with E-state index >= 15 is 0 Å². The zero-order valence-corrected chi connectivity index (χ0v) is 7.34. The van der Waals surface area contributed by atoms with Crippen LogP contribution in [0.1, 0.15) is 17.4 Å². The number of aromatic nitrogens is 2. The summed E-state index contributed by atoms with van der Waals surface area (Å²) in [6.45, 7) is 1.49. The van der Waals surface area contributed by atoms with Crippen LogP contribution in [0.15, 0.2) is 10.7 Å². The molecular formula is C6H7BrN2O. The molecule has 1 aromatic rings. The van der Waals surface area contributed by atoms with Gasteiger partial charge in [-0.3, -0.25) is 9.48 Å². The molecule has 1 aromatic heterocycles. The highest BCUT2D eigenvalue weighted by atomic mass is 79.9. The summed E-state index contributed by atoms with van der Waals surface area (Å²) < 4.78 is 2.43. The number of Topliss-reactive ketones (excluding diaryl/α,β-unsaturated/α-hetero) is 1. The first kappa shape index (κ1) is 7.47. The first-order valence-corrected chi connectivity index (χ1v) is 3.61. The van der Waals surface area contributed by atoms with E-state index in [4.69, 9.17) is 0 Å². The molecule has 0 N–H and O–H groups in total. The lowest BCUT2D eigenvalue weighted by Gasteiger charge is -1.86. The van der Waals surface area contributed by atoms with Crippen LogP contribution in [0.25, 0.3) is 0 Å². The zero-order chi connectivity index (χ0) is 7.72. The number of ketones is 1. The first-order chi connectivity index (χ1) is 4.61. The summed E-state index contributed by atoms with van der Waals surface area (Å²) in [5, 5.41) is 3.93. The molecule has 0 saturated heterocycles. The highest BCUT2D eigenvalue weighted by Gasteiger charge is 2.04. The van der Waals surface area contributed by atoms with E-state index in [0.717, 1.165) is 4.60 Å². The predicted molar refractivity (Wildman–Crippen MR) is 40.9 cm³/mol. The van der Waals surface area contributed by atoms with E-state index in [9.17, 15) is 4.79 Å². The molecule has 0 bridgehead atoms. The van der Waals surface area contributed by atoms with Crippen LogP contribution in [0.4, 0.5) is 0 Å². The van der Waals surface area contributed by atoms with E-state index in [1.165, 1.54) is 6.92 Å². The highest BCUT2D eigenvalue weighted by Crippen LogP contribution is 2.09. The van der Waals surface area contributed by atoms with Crippen LogP contribution in [0.2, 0.25) is 0 Å². The Hall–Kier alpha value is -0.640. The Morgan fingerprint density at radius 1 is 1.80 bits per heavy atom. The van der Waals surface area contributed by atoms with Crippen molar-refractivity contribution in [2.75, 3.05) is 0 Å². The van der Waals surface area contributed by atoms with Gasteiger partial charge in [0.05, 0.1) is 0 Å². The molecule has 0 radical (unpaired) electrons. The molecule has 0 aliphatic carbocycles. The number of carbonyl (C=O) groups excluding carboxylic acids is 1. The number of aryl methyl sites for hydroxylation is 1. The molecule has 0 amide bonds. The van der Waals surface area contributed by atoms with Gasteiger partial charge in [0.25, 0.3) is 0 Å². The Morgan fingerprint density at radius 2 is 2.40 bits per heavy atom. The fourth-order valence-corrected chi connectivity index (χ4v) is 0.913. The van der Waals surface area contributed by atoms with Gasteiger partial charge in [0.15, 0.2) is 5.78 Å². The number of halogens is 1. The van der Waals surface area contributed by atoms with Gasteiger partial charge in [-0.15, -0.1) is 0 Å². The largest absolute Gasteiger partial charge is 0.293 e. The van der Waals surface area contributed by atoms with Gasteiger partial charge in [0, 0.05) is 20.0 Å². The molecule has 1 heterocycles. The summed E-state index contributed by atoms with van der Waals surface area (Å²) in [6.07, 6.45) is 0. The summed E-state index contributed by atoms with van der Waals surface area (Å²) in [5.74, 6) is -0.0127. The molecule has 0 fully saturated rings. The minimum atomic E-state index is -0.0127. The summed E-state index contributed by atoms with van der Waals surface area (Å²) in [4.78, 5) is 10.7. The lowest BCUT2D eigenvalue weighted by Crippen LogP contribution is -1.95. The maximum Gasteiger partial charge on any atom is 0.180 e. The molecule has 0 atom stereocenters. The molecular weight excluding hydrogens is 196 g/mol. The van der Waals surface area contributed by atoms with E-state index in [1.807, 2.05) is 0 Å². The fourth-order valence-electron chi connectivity index (χ4n) is 0.617. The lowest BCUT2D eigenvalue weighted by atomic mass is 10.3. The van der Waals surface area contributed by atoms with Gasteiger partial charge in [-0.25, -0.2) is 0 Å². The number of hydrogen-bond donors (Lipinski definition) is 0. The van der Waals surface area contributed by atoms with Gasteiger partial charge in [0.1, 0.15) is 10.3 Å². The molecule has 0 aliphatic heterocycles. The third-order valence-electron chi connectivity index (χ3n) is 1.18. The second-order valence-corrected chi connectivity index (χ2v) is 2.84. The van der Waals surface area contributed by atoms with Gasteiger partial charge < -0.3 is 0 Å². The van der Waals surface area contributed by atoms with Gasteiger partial charge in [-0.2, -0.15) is 5.10 Å². The third kappa shape index (κ3) is 1.26. The molecule has 1 rings (SSSR count). The van der Waals surface area contributed by atoms with Crippen molar-refractivity contribution in [1.29, 1.82) is 0 Å². The Balaban J connectivity index is 3.10. The molecule has 0 spiro atoms. The number of nitrogens with zero attached hydrogens (tertiary/aromatic N) is 2. The van der Waals surface area contributed by atoms with E-state index < -0.39 is 0 Å². The maximum absolute atomic E-state index is 10.7. The van der Waals surface area contributed by atoms with Gasteiger partial charge in [0.2, 0.25) is 0 Å². The smallest absolute Gasteiger partial charge is 0.180 e. The minimum absolute atomic E-state index is 0.0127. The molecule has 3 nitrogen and oxygen atoms in total. The second-order valence-electron chi connectivity index (χ2n) is 2.03. The molecule has 4 heteroatoms. The van der Waals surface area contributed by atoms with E-state index in [0.29, 0.717) is 5.69 Å². The molecule has 0 unspecified atom stereocenters. The topological polar surface area (TPSA) is 34.9 Å². The Labute approximate surface area is 67.2 Å². The van der Waals surface area contributed by atoms with Crippen LogP contribution in [0, 0.1) is 0 Å². The normalized spacial score (nSPS) is 9.90. The average molecular weight is 203 g/mol. The van der Waals surface area contributed by atoms with Crippen LogP contribution < -0.4 is 0 Å². The van der Waals surface area contributed by atoms with Gasteiger partial charge >= 0.3 is 0 Å². The zero-order valence-electron chi connectivity index (χ0n) is 5.76. The Morgan fingerprint density at radius 3 is 2.60 bits per heavy atom. The molecule has 0 aromatic carbocycles. The van der Waals surface area contributed by atoms with Crippen LogP contribution in [-0.4, -0.2) is 15.6 Å². The monoisotopic (exact) mass is 202 g/mol. The van der Waals surface area contributed by atoms with Crippen LogP contribution in [0.3, 0.4) is 0 Å². The predicted octanol–water partition coefficient (Wildman–Crippen LogP) is 1.39. The average Bonchev–Trinajstić information content (AvgIpc) is 2.13. The third-order valence-corrected chi connectivity index (χ3v) is 1.93. The second kappa shape index (κ2) is 2.54. The first-order valence-electron chi connectivity index (χ1n) is 2.81. The molecule has 0 aliphatic rings. The standard InChI is InChI=1S/C6H7BrN2O/c1-4(10)5-3-6(7)9(2)8-5/h3H,1-2H3. The van der Waals surface area contributed by atoms with E-state index in [1.54, 1.807) is 17.8 Å². The number of hydrogen-bond acceptors (Lipinski definition) is 2. The van der Waals surface area contributed by atoms with Crippen LogP contribution in [0.5, 0.6) is 0 Å². The number of carbonyl (C=O) groups is 1. The van der Waals surface area contributed by atoms with Crippen molar-refractivity contribution in [2.24, 2.45) is 7.05 Å². The summed E-state index contributed by atoms with van der Waals surface area (Å²) in [5.41, 5.74) is 0.495. The van der Waals surface area contributed by atoms with Gasteiger partial charge in [-0.05, 0) is 15.9 Å². The van der Waals surface area contributed by atoms with Crippen molar-refractivity contribution in [2.45, 2.75) is 6.92 Å². The van der Waals surface area contributed by atoms with Crippen LogP contribution >= 0.6 is 15.9 Å². The van der Waals surface area contributed by atoms with E-state index in [2.05, 4.69) is 21.0 Å². The molecule has 0 saturated carbocycles. The summed E-state index contributed by atoms with van der Waals surface area (Å²) in [7, 11) is 1.77. The fraction of sp³-hybridized carbons (Fsp3) is 0.333. The summed E-state index contributed by atoms with van der Waals surface area (Å²) >= 11 is 3.23. The Bertz CT molecular complexity index is 247. The molecule has 54 valence electrons. The SMILES string of the molecule is CC(=O)c1cc(Br)n(C)n1. The van der Waals surface area contributed by atoms with Crippen molar-refractivity contribution in [3.8, 4) is 0 Å². The Kier molecular flexibility index (Phi) is 1.89. The summed E-state index contributed by atoms with van der Waals surface area (Å²) in [6, 6.07) is 1.70. The maximum atomic E-state index is 10.7. The van der Waals surface area contributed by atoms with Gasteiger partial charge in [-0.1, -0.05) is 0 Å². The lowest BCUT2D eigenvalue weighted by molar-refractivity contribution is 0.101. The minimum Gasteiger partial charge on any atom is -0.293 e. The molecule has 10 heavy (non-hydrogen) atoms. The van der Waals surface area contributed by atoms with Crippen molar-refractivity contribution in [1.82, 2.24) is 9.78 Å². The van der Waals surface area contributed by atoms with Crippen molar-refractivity contribution in [3.05, 3.63) is 16.4 Å².